The van der Waals surface area contributed by atoms with Gasteiger partial charge in [-0.05, 0) is 67.6 Å². The fourth-order valence-corrected chi connectivity index (χ4v) is 3.72. The molecule has 1 aliphatic heterocycles. The lowest BCUT2D eigenvalue weighted by molar-refractivity contribution is 0.0599. The number of esters is 1. The average molecular weight is 447 g/mol. The first-order chi connectivity index (χ1) is 16.1. The van der Waals surface area contributed by atoms with Gasteiger partial charge in [-0.2, -0.15) is 0 Å². The van der Waals surface area contributed by atoms with E-state index < -0.39 is 5.97 Å². The Hall–Kier alpha value is -3.94. The molecule has 0 spiro atoms. The van der Waals surface area contributed by atoms with Crippen molar-refractivity contribution >= 4 is 17.7 Å². The van der Waals surface area contributed by atoms with Crippen LogP contribution in [-0.2, 0) is 4.74 Å². The van der Waals surface area contributed by atoms with E-state index in [-0.39, 0.29) is 5.91 Å². The Bertz CT molecular complexity index is 1090. The molecule has 170 valence electrons. The highest BCUT2D eigenvalue weighted by molar-refractivity contribution is 5.96. The van der Waals surface area contributed by atoms with E-state index in [1.165, 1.54) is 7.11 Å². The molecule has 0 atom stereocenters. The lowest BCUT2D eigenvalue weighted by Crippen LogP contribution is -2.49. The second kappa shape index (κ2) is 10.1. The summed E-state index contributed by atoms with van der Waals surface area (Å²) in [5.74, 6) is 1.15. The van der Waals surface area contributed by atoms with Gasteiger partial charge in [-0.25, -0.2) is 4.79 Å². The third kappa shape index (κ3) is 5.11. The van der Waals surface area contributed by atoms with Gasteiger partial charge >= 0.3 is 5.97 Å². The lowest BCUT2D eigenvalue weighted by Gasteiger charge is -2.35. The van der Waals surface area contributed by atoms with Crippen LogP contribution in [0.5, 0.6) is 5.75 Å². The number of carbonyl (C=O) groups excluding carboxylic acids is 2. The van der Waals surface area contributed by atoms with Crippen LogP contribution in [0.15, 0.2) is 60.7 Å². The Morgan fingerprint density at radius 2 is 1.52 bits per heavy atom. The van der Waals surface area contributed by atoms with Crippen molar-refractivity contribution in [1.82, 2.24) is 15.1 Å². The normalized spacial score (nSPS) is 13.5. The zero-order valence-electron chi connectivity index (χ0n) is 18.7. The van der Waals surface area contributed by atoms with E-state index in [1.807, 2.05) is 48.2 Å². The van der Waals surface area contributed by atoms with E-state index in [0.29, 0.717) is 43.9 Å². The SMILES string of the molecule is CCOc1ccc(-c2ccc(N3CCN(C(=O)c4ccc(C(=O)OC)cc4)CC3)nn2)cc1. The van der Waals surface area contributed by atoms with Crippen LogP contribution in [-0.4, -0.2) is 66.9 Å². The summed E-state index contributed by atoms with van der Waals surface area (Å²) in [6, 6.07) is 18.2. The van der Waals surface area contributed by atoms with E-state index in [4.69, 9.17) is 9.47 Å². The minimum Gasteiger partial charge on any atom is -0.494 e. The topological polar surface area (TPSA) is 84.9 Å². The number of hydrogen-bond acceptors (Lipinski definition) is 7. The van der Waals surface area contributed by atoms with Gasteiger partial charge in [-0.1, -0.05) is 0 Å². The number of piperazine rings is 1. The first kappa shape index (κ1) is 22.3. The second-order valence-electron chi connectivity index (χ2n) is 7.58. The van der Waals surface area contributed by atoms with Crippen molar-refractivity contribution in [2.75, 3.05) is 44.8 Å². The molecule has 3 aromatic rings. The number of benzene rings is 2. The Balaban J connectivity index is 1.34. The van der Waals surface area contributed by atoms with Crippen molar-refractivity contribution in [2.24, 2.45) is 0 Å². The van der Waals surface area contributed by atoms with Gasteiger partial charge in [0.1, 0.15) is 5.75 Å². The van der Waals surface area contributed by atoms with Crippen LogP contribution in [0, 0.1) is 0 Å². The zero-order chi connectivity index (χ0) is 23.2. The van der Waals surface area contributed by atoms with Crippen LogP contribution < -0.4 is 9.64 Å². The van der Waals surface area contributed by atoms with Crippen molar-refractivity contribution in [2.45, 2.75) is 6.92 Å². The third-order valence-electron chi connectivity index (χ3n) is 5.56. The molecule has 8 nitrogen and oxygen atoms in total. The summed E-state index contributed by atoms with van der Waals surface area (Å²) in [4.78, 5) is 28.3. The predicted octanol–water partition coefficient (Wildman–Crippen LogP) is 3.29. The number of ether oxygens (including phenoxy) is 2. The highest BCUT2D eigenvalue weighted by atomic mass is 16.5. The van der Waals surface area contributed by atoms with Crippen molar-refractivity contribution in [1.29, 1.82) is 0 Å². The summed E-state index contributed by atoms with van der Waals surface area (Å²) >= 11 is 0. The molecule has 0 radical (unpaired) electrons. The van der Waals surface area contributed by atoms with Crippen LogP contribution in [0.25, 0.3) is 11.3 Å². The number of carbonyl (C=O) groups is 2. The standard InChI is InChI=1S/C25H26N4O4/c1-3-33-21-10-8-18(9-11-21)22-12-13-23(27-26-22)28-14-16-29(17-15-28)24(30)19-4-6-20(7-5-19)25(31)32-2/h4-13H,3,14-17H2,1-2H3. The van der Waals surface area contributed by atoms with Crippen LogP contribution >= 0.6 is 0 Å². The van der Waals surface area contributed by atoms with Crippen LogP contribution in [0.1, 0.15) is 27.6 Å². The van der Waals surface area contributed by atoms with Crippen LogP contribution in [0.3, 0.4) is 0 Å². The Kier molecular flexibility index (Phi) is 6.83. The van der Waals surface area contributed by atoms with Crippen molar-refractivity contribution < 1.29 is 19.1 Å². The number of nitrogens with zero attached hydrogens (tertiary/aromatic N) is 4. The predicted molar refractivity (Wildman–Crippen MR) is 125 cm³/mol. The monoisotopic (exact) mass is 446 g/mol. The molecule has 1 amide bonds. The van der Waals surface area contributed by atoms with E-state index in [2.05, 4.69) is 15.1 Å². The van der Waals surface area contributed by atoms with Gasteiger partial charge < -0.3 is 19.3 Å². The van der Waals surface area contributed by atoms with E-state index in [1.54, 1.807) is 24.3 Å². The minimum absolute atomic E-state index is 0.0528. The quantitative estimate of drug-likeness (QED) is 0.537. The van der Waals surface area contributed by atoms with Crippen molar-refractivity contribution in [3.63, 3.8) is 0 Å². The van der Waals surface area contributed by atoms with Crippen molar-refractivity contribution in [3.8, 4) is 17.0 Å². The largest absolute Gasteiger partial charge is 0.494 e. The molecule has 4 rings (SSSR count). The summed E-state index contributed by atoms with van der Waals surface area (Å²) in [5.41, 5.74) is 2.75. The third-order valence-corrected chi connectivity index (χ3v) is 5.56. The molecular weight excluding hydrogens is 420 g/mol. The molecule has 0 saturated carbocycles. The summed E-state index contributed by atoms with van der Waals surface area (Å²) in [6.07, 6.45) is 0. The molecule has 8 heteroatoms. The fourth-order valence-electron chi connectivity index (χ4n) is 3.72. The van der Waals surface area contributed by atoms with Gasteiger partial charge in [0, 0.05) is 37.3 Å². The van der Waals surface area contributed by atoms with Crippen LogP contribution in [0.4, 0.5) is 5.82 Å². The minimum atomic E-state index is -0.419. The molecule has 1 saturated heterocycles. The van der Waals surface area contributed by atoms with Gasteiger partial charge in [-0.3, -0.25) is 4.79 Å². The van der Waals surface area contributed by atoms with Gasteiger partial charge in [0.2, 0.25) is 0 Å². The highest BCUT2D eigenvalue weighted by Crippen LogP contribution is 2.22. The molecule has 2 aromatic carbocycles. The summed E-state index contributed by atoms with van der Waals surface area (Å²) in [6.45, 7) is 5.10. The molecule has 2 heterocycles. The van der Waals surface area contributed by atoms with Crippen molar-refractivity contribution in [3.05, 3.63) is 71.8 Å². The molecule has 33 heavy (non-hydrogen) atoms. The maximum absolute atomic E-state index is 12.8. The van der Waals surface area contributed by atoms with E-state index in [0.717, 1.165) is 22.8 Å². The molecule has 1 aliphatic rings. The van der Waals surface area contributed by atoms with Gasteiger partial charge in [0.25, 0.3) is 5.91 Å². The van der Waals surface area contributed by atoms with Gasteiger partial charge in [0.15, 0.2) is 5.82 Å². The summed E-state index contributed by atoms with van der Waals surface area (Å²) in [7, 11) is 1.33. The van der Waals surface area contributed by atoms with Crippen LogP contribution in [0.2, 0.25) is 0 Å². The molecule has 0 aliphatic carbocycles. The van der Waals surface area contributed by atoms with Gasteiger partial charge in [-0.15, -0.1) is 10.2 Å². The van der Waals surface area contributed by atoms with Gasteiger partial charge in [0.05, 0.1) is 25.0 Å². The highest BCUT2D eigenvalue weighted by Gasteiger charge is 2.23. The number of anilines is 1. The molecule has 1 aromatic heterocycles. The first-order valence-electron chi connectivity index (χ1n) is 10.9. The number of amides is 1. The molecule has 0 N–H and O–H groups in total. The number of methoxy groups -OCH3 is 1. The molecular formula is C25H26N4O4. The Morgan fingerprint density at radius 1 is 0.848 bits per heavy atom. The average Bonchev–Trinajstić information content (AvgIpc) is 2.89. The summed E-state index contributed by atoms with van der Waals surface area (Å²) < 4.78 is 10.2. The maximum Gasteiger partial charge on any atom is 0.337 e. The Labute approximate surface area is 192 Å². The maximum atomic E-state index is 12.8. The first-order valence-corrected chi connectivity index (χ1v) is 10.9. The number of hydrogen-bond donors (Lipinski definition) is 0. The zero-order valence-corrected chi connectivity index (χ0v) is 18.7. The van der Waals surface area contributed by atoms with E-state index >= 15 is 0 Å². The fraction of sp³-hybridized carbons (Fsp3) is 0.280. The lowest BCUT2D eigenvalue weighted by atomic mass is 10.1. The summed E-state index contributed by atoms with van der Waals surface area (Å²) in [5, 5.41) is 8.78. The molecule has 1 fully saturated rings. The molecule has 0 unspecified atom stereocenters. The van der Waals surface area contributed by atoms with E-state index in [9.17, 15) is 9.59 Å². The Morgan fingerprint density at radius 3 is 2.09 bits per heavy atom. The number of aromatic nitrogens is 2. The second-order valence-corrected chi connectivity index (χ2v) is 7.58. The molecule has 0 bridgehead atoms. The smallest absolute Gasteiger partial charge is 0.337 e. The number of rotatable bonds is 6.